The number of amides is 1. The molecule has 5 heteroatoms. The summed E-state index contributed by atoms with van der Waals surface area (Å²) >= 11 is 0. The van der Waals surface area contributed by atoms with Crippen molar-refractivity contribution in [3.05, 3.63) is 47.6 Å². The molecule has 25 heavy (non-hydrogen) atoms. The second kappa shape index (κ2) is 6.98. The molecule has 132 valence electrons. The lowest BCUT2D eigenvalue weighted by atomic mass is 9.78. The van der Waals surface area contributed by atoms with Crippen molar-refractivity contribution >= 4 is 5.91 Å². The van der Waals surface area contributed by atoms with Crippen LogP contribution in [0.4, 0.5) is 0 Å². The summed E-state index contributed by atoms with van der Waals surface area (Å²) in [5, 5.41) is 4.05. The third-order valence-corrected chi connectivity index (χ3v) is 5.72. The largest absolute Gasteiger partial charge is 0.340 e. The Hall–Kier alpha value is -2.17. The van der Waals surface area contributed by atoms with Crippen molar-refractivity contribution in [1.82, 2.24) is 15.0 Å². The van der Waals surface area contributed by atoms with Gasteiger partial charge in [0.1, 0.15) is 0 Å². The summed E-state index contributed by atoms with van der Waals surface area (Å²) in [6, 6.07) is 10.7. The average molecular weight is 339 g/mol. The Morgan fingerprint density at radius 1 is 1.12 bits per heavy atom. The molecule has 4 rings (SSSR count). The lowest BCUT2D eigenvalue weighted by molar-refractivity contribution is -0.137. The lowest BCUT2D eigenvalue weighted by Crippen LogP contribution is -2.37. The van der Waals surface area contributed by atoms with Crippen molar-refractivity contribution in [2.45, 2.75) is 57.4 Å². The summed E-state index contributed by atoms with van der Waals surface area (Å²) in [7, 11) is 0. The first-order valence-electron chi connectivity index (χ1n) is 9.38. The van der Waals surface area contributed by atoms with Gasteiger partial charge < -0.3 is 9.42 Å². The van der Waals surface area contributed by atoms with E-state index in [9.17, 15) is 4.79 Å². The van der Waals surface area contributed by atoms with Gasteiger partial charge in [-0.25, -0.2) is 0 Å². The number of hydrogen-bond acceptors (Lipinski definition) is 4. The molecule has 5 nitrogen and oxygen atoms in total. The molecule has 0 bridgehead atoms. The maximum Gasteiger partial charge on any atom is 0.226 e. The lowest BCUT2D eigenvalue weighted by Gasteiger charge is -2.32. The minimum Gasteiger partial charge on any atom is -0.340 e. The van der Waals surface area contributed by atoms with Crippen molar-refractivity contribution in [2.75, 3.05) is 6.54 Å². The zero-order chi connectivity index (χ0) is 17.2. The zero-order valence-corrected chi connectivity index (χ0v) is 14.7. The van der Waals surface area contributed by atoms with Crippen molar-refractivity contribution in [3.8, 4) is 0 Å². The quantitative estimate of drug-likeness (QED) is 0.847. The van der Waals surface area contributed by atoms with Gasteiger partial charge in [0, 0.05) is 19.4 Å². The minimum absolute atomic E-state index is 0.00297. The maximum absolute atomic E-state index is 13.1. The Bertz CT molecular complexity index is 720. The van der Waals surface area contributed by atoms with Crippen LogP contribution < -0.4 is 0 Å². The van der Waals surface area contributed by atoms with Crippen LogP contribution in [0.3, 0.4) is 0 Å². The molecule has 1 amide bonds. The molecular formula is C20H25N3O2. The Labute approximate surface area is 148 Å². The van der Waals surface area contributed by atoms with Gasteiger partial charge in [-0.3, -0.25) is 4.79 Å². The molecule has 1 aromatic carbocycles. The van der Waals surface area contributed by atoms with E-state index < -0.39 is 0 Å². The summed E-state index contributed by atoms with van der Waals surface area (Å²) in [5.74, 6) is 2.27. The molecule has 0 spiro atoms. The van der Waals surface area contributed by atoms with Crippen LogP contribution in [0, 0.1) is 12.8 Å². The normalized spacial score (nSPS) is 26.8. The van der Waals surface area contributed by atoms with Gasteiger partial charge in [0.25, 0.3) is 0 Å². The topological polar surface area (TPSA) is 59.2 Å². The number of hydrogen-bond donors (Lipinski definition) is 0. The third-order valence-electron chi connectivity index (χ3n) is 5.72. The monoisotopic (exact) mass is 339 g/mol. The smallest absolute Gasteiger partial charge is 0.226 e. The minimum atomic E-state index is -0.00297. The van der Waals surface area contributed by atoms with Gasteiger partial charge in [0.15, 0.2) is 5.82 Å². The first-order valence-corrected chi connectivity index (χ1v) is 9.38. The molecule has 0 unspecified atom stereocenters. The van der Waals surface area contributed by atoms with Crippen LogP contribution >= 0.6 is 0 Å². The number of rotatable bonds is 3. The summed E-state index contributed by atoms with van der Waals surface area (Å²) < 4.78 is 5.11. The van der Waals surface area contributed by atoms with E-state index in [-0.39, 0.29) is 17.9 Å². The first-order chi connectivity index (χ1) is 12.2. The number of carbonyl (C=O) groups excluding carboxylic acids is 1. The zero-order valence-electron chi connectivity index (χ0n) is 14.7. The number of carbonyl (C=O) groups is 1. The fourth-order valence-corrected chi connectivity index (χ4v) is 4.38. The Morgan fingerprint density at radius 2 is 1.88 bits per heavy atom. The van der Waals surface area contributed by atoms with Crippen LogP contribution in [-0.4, -0.2) is 27.5 Å². The van der Waals surface area contributed by atoms with E-state index in [0.29, 0.717) is 17.6 Å². The van der Waals surface area contributed by atoms with E-state index in [1.807, 2.05) is 4.90 Å². The second-order valence-corrected chi connectivity index (χ2v) is 7.32. The van der Waals surface area contributed by atoms with Gasteiger partial charge in [-0.15, -0.1) is 0 Å². The number of benzene rings is 1. The van der Waals surface area contributed by atoms with E-state index in [1.165, 1.54) is 5.56 Å². The van der Waals surface area contributed by atoms with E-state index in [4.69, 9.17) is 4.52 Å². The molecular weight excluding hydrogens is 314 g/mol. The molecule has 1 saturated carbocycles. The third kappa shape index (κ3) is 3.32. The molecule has 1 saturated heterocycles. The van der Waals surface area contributed by atoms with E-state index in [2.05, 4.69) is 40.5 Å². The summed E-state index contributed by atoms with van der Waals surface area (Å²) in [4.78, 5) is 19.4. The van der Waals surface area contributed by atoms with Crippen molar-refractivity contribution < 1.29 is 9.32 Å². The van der Waals surface area contributed by atoms with Crippen LogP contribution in [0.15, 0.2) is 34.9 Å². The summed E-state index contributed by atoms with van der Waals surface area (Å²) in [5.41, 5.74) is 1.41. The Kier molecular flexibility index (Phi) is 4.55. The van der Waals surface area contributed by atoms with E-state index in [1.54, 1.807) is 6.92 Å². The van der Waals surface area contributed by atoms with Crippen LogP contribution in [-0.2, 0) is 4.79 Å². The number of aromatic nitrogens is 2. The summed E-state index contributed by atoms with van der Waals surface area (Å²) in [6.45, 7) is 2.61. The van der Waals surface area contributed by atoms with Crippen LogP contribution in [0.25, 0.3) is 0 Å². The summed E-state index contributed by atoms with van der Waals surface area (Å²) in [6.07, 6.45) is 6.10. The second-order valence-electron chi connectivity index (χ2n) is 7.32. The fourth-order valence-electron chi connectivity index (χ4n) is 4.38. The standard InChI is InChI=1S/C20H25N3O2/c1-14-21-19(22-25-14)18-8-5-13-23(18)20(24)17-11-9-16(10-12-17)15-6-3-2-4-7-15/h2-4,6-7,16-18H,5,8-13H2,1H3/t16?,17?,18-/m1/s1. The first kappa shape index (κ1) is 16.3. The maximum atomic E-state index is 13.1. The van der Waals surface area contributed by atoms with E-state index in [0.717, 1.165) is 45.1 Å². The fraction of sp³-hybridized carbons (Fsp3) is 0.550. The van der Waals surface area contributed by atoms with E-state index >= 15 is 0 Å². The molecule has 2 fully saturated rings. The molecule has 2 heterocycles. The Balaban J connectivity index is 1.40. The number of nitrogens with zero attached hydrogens (tertiary/aromatic N) is 3. The van der Waals surface area contributed by atoms with Crippen molar-refractivity contribution in [3.63, 3.8) is 0 Å². The molecule has 1 aromatic heterocycles. The highest BCUT2D eigenvalue weighted by molar-refractivity contribution is 5.79. The van der Waals surface area contributed by atoms with Gasteiger partial charge in [-0.1, -0.05) is 35.5 Å². The van der Waals surface area contributed by atoms with Gasteiger partial charge in [0.05, 0.1) is 6.04 Å². The van der Waals surface area contributed by atoms with Gasteiger partial charge in [-0.05, 0) is 50.0 Å². The predicted octanol–water partition coefficient (Wildman–Crippen LogP) is 4.02. The van der Waals surface area contributed by atoms with Crippen molar-refractivity contribution in [2.24, 2.45) is 5.92 Å². The van der Waals surface area contributed by atoms with Crippen molar-refractivity contribution in [1.29, 1.82) is 0 Å². The van der Waals surface area contributed by atoms with Crippen LogP contribution in [0.2, 0.25) is 0 Å². The van der Waals surface area contributed by atoms with Gasteiger partial charge >= 0.3 is 0 Å². The molecule has 1 aliphatic heterocycles. The van der Waals surface area contributed by atoms with Gasteiger partial charge in [0.2, 0.25) is 11.8 Å². The predicted molar refractivity (Wildman–Crippen MR) is 93.9 cm³/mol. The molecule has 2 aromatic rings. The highest BCUT2D eigenvalue weighted by Gasteiger charge is 2.37. The Morgan fingerprint density at radius 3 is 2.56 bits per heavy atom. The SMILES string of the molecule is Cc1nc([C@H]2CCCN2C(=O)C2CCC(c3ccccc3)CC2)no1. The molecule has 0 radical (unpaired) electrons. The highest BCUT2D eigenvalue weighted by atomic mass is 16.5. The molecule has 0 N–H and O–H groups in total. The number of aryl methyl sites for hydroxylation is 1. The molecule has 2 aliphatic rings. The number of likely N-dealkylation sites (tertiary alicyclic amines) is 1. The van der Waals surface area contributed by atoms with Gasteiger partial charge in [-0.2, -0.15) is 4.98 Å². The van der Waals surface area contributed by atoms with Crippen LogP contribution in [0.1, 0.15) is 67.8 Å². The average Bonchev–Trinajstić information content (AvgIpc) is 3.31. The molecule has 1 aliphatic carbocycles. The molecule has 1 atom stereocenters. The van der Waals surface area contributed by atoms with Crippen LogP contribution in [0.5, 0.6) is 0 Å². The highest BCUT2D eigenvalue weighted by Crippen LogP contribution is 2.39.